The lowest BCUT2D eigenvalue weighted by Crippen LogP contribution is -2.15. The molecule has 0 bridgehead atoms. The number of aromatic nitrogens is 1. The van der Waals surface area contributed by atoms with Crippen molar-refractivity contribution in [2.45, 2.75) is 20.0 Å². The summed E-state index contributed by atoms with van der Waals surface area (Å²) in [5.74, 6) is -0.302. The first kappa shape index (κ1) is 13.2. The van der Waals surface area contributed by atoms with E-state index in [1.54, 1.807) is 6.07 Å². The SMILES string of the molecule is Cc1cccc(CNCc2cc(C#N)ccc2F)n1. The Morgan fingerprint density at radius 2 is 2.11 bits per heavy atom. The number of aryl methyl sites for hydroxylation is 1. The second-order valence-electron chi connectivity index (χ2n) is 4.29. The molecule has 0 aliphatic rings. The second kappa shape index (κ2) is 6.07. The summed E-state index contributed by atoms with van der Waals surface area (Å²) >= 11 is 0. The summed E-state index contributed by atoms with van der Waals surface area (Å²) in [5.41, 5.74) is 2.83. The van der Waals surface area contributed by atoms with Crippen LogP contribution in [0.25, 0.3) is 0 Å². The monoisotopic (exact) mass is 255 g/mol. The summed E-state index contributed by atoms with van der Waals surface area (Å²) in [6.07, 6.45) is 0. The van der Waals surface area contributed by atoms with Crippen molar-refractivity contribution < 1.29 is 4.39 Å². The van der Waals surface area contributed by atoms with Crippen molar-refractivity contribution in [3.63, 3.8) is 0 Å². The Morgan fingerprint density at radius 3 is 2.84 bits per heavy atom. The number of rotatable bonds is 4. The molecular formula is C15H14FN3. The van der Waals surface area contributed by atoms with Gasteiger partial charge in [-0.1, -0.05) is 6.07 Å². The van der Waals surface area contributed by atoms with Crippen LogP contribution < -0.4 is 5.32 Å². The Labute approximate surface area is 111 Å². The number of hydrogen-bond donors (Lipinski definition) is 1. The van der Waals surface area contributed by atoms with Crippen LogP contribution in [-0.4, -0.2) is 4.98 Å². The molecule has 0 radical (unpaired) electrons. The van der Waals surface area contributed by atoms with E-state index in [0.29, 0.717) is 24.2 Å². The summed E-state index contributed by atoms with van der Waals surface area (Å²) in [6.45, 7) is 2.87. The van der Waals surface area contributed by atoms with E-state index in [9.17, 15) is 4.39 Å². The fourth-order valence-corrected chi connectivity index (χ4v) is 1.80. The second-order valence-corrected chi connectivity index (χ2v) is 4.29. The molecule has 2 aromatic rings. The van der Waals surface area contributed by atoms with Crippen molar-refractivity contribution in [1.82, 2.24) is 10.3 Å². The zero-order valence-corrected chi connectivity index (χ0v) is 10.7. The maximum absolute atomic E-state index is 13.5. The normalized spacial score (nSPS) is 10.2. The van der Waals surface area contributed by atoms with Crippen molar-refractivity contribution in [3.05, 3.63) is 64.7 Å². The van der Waals surface area contributed by atoms with E-state index in [2.05, 4.69) is 10.3 Å². The third-order valence-electron chi connectivity index (χ3n) is 2.74. The fourth-order valence-electron chi connectivity index (χ4n) is 1.80. The molecule has 96 valence electrons. The lowest BCUT2D eigenvalue weighted by Gasteiger charge is -2.06. The highest BCUT2D eigenvalue weighted by Crippen LogP contribution is 2.10. The highest BCUT2D eigenvalue weighted by molar-refractivity contribution is 5.33. The highest BCUT2D eigenvalue weighted by atomic mass is 19.1. The molecule has 0 amide bonds. The molecule has 1 N–H and O–H groups in total. The van der Waals surface area contributed by atoms with Gasteiger partial charge >= 0.3 is 0 Å². The third-order valence-corrected chi connectivity index (χ3v) is 2.74. The van der Waals surface area contributed by atoms with Gasteiger partial charge in [0.25, 0.3) is 0 Å². The van der Waals surface area contributed by atoms with Gasteiger partial charge in [-0.15, -0.1) is 0 Å². The van der Waals surface area contributed by atoms with Gasteiger partial charge in [0.1, 0.15) is 5.82 Å². The molecule has 0 aliphatic carbocycles. The number of halogens is 1. The van der Waals surface area contributed by atoms with Gasteiger partial charge in [0.05, 0.1) is 17.3 Å². The Hall–Kier alpha value is -2.25. The fraction of sp³-hybridized carbons (Fsp3) is 0.200. The Balaban J connectivity index is 1.98. The largest absolute Gasteiger partial charge is 0.307 e. The quantitative estimate of drug-likeness (QED) is 0.913. The van der Waals surface area contributed by atoms with Crippen molar-refractivity contribution >= 4 is 0 Å². The van der Waals surface area contributed by atoms with Gasteiger partial charge < -0.3 is 5.32 Å². The molecule has 0 aliphatic heterocycles. The number of nitrogens with one attached hydrogen (secondary N) is 1. The van der Waals surface area contributed by atoms with Crippen molar-refractivity contribution in [2.24, 2.45) is 0 Å². The minimum absolute atomic E-state index is 0.302. The first-order valence-corrected chi connectivity index (χ1v) is 6.01. The van der Waals surface area contributed by atoms with E-state index >= 15 is 0 Å². The maximum atomic E-state index is 13.5. The van der Waals surface area contributed by atoms with Gasteiger partial charge in [0.15, 0.2) is 0 Å². The molecule has 0 fully saturated rings. The summed E-state index contributed by atoms with van der Waals surface area (Å²) < 4.78 is 13.5. The lowest BCUT2D eigenvalue weighted by atomic mass is 10.1. The summed E-state index contributed by atoms with van der Waals surface area (Å²) in [6, 6.07) is 12.1. The van der Waals surface area contributed by atoms with E-state index in [0.717, 1.165) is 11.4 Å². The lowest BCUT2D eigenvalue weighted by molar-refractivity contribution is 0.585. The van der Waals surface area contributed by atoms with Crippen LogP contribution in [0.5, 0.6) is 0 Å². The zero-order valence-electron chi connectivity index (χ0n) is 10.7. The first-order valence-electron chi connectivity index (χ1n) is 6.01. The van der Waals surface area contributed by atoms with Crippen LogP contribution in [-0.2, 0) is 13.1 Å². The first-order chi connectivity index (χ1) is 9.19. The summed E-state index contributed by atoms with van der Waals surface area (Å²) in [7, 11) is 0. The predicted octanol–water partition coefficient (Wildman–Crippen LogP) is 2.69. The number of nitrogens with zero attached hydrogens (tertiary/aromatic N) is 2. The van der Waals surface area contributed by atoms with Gasteiger partial charge in [0.2, 0.25) is 0 Å². The van der Waals surface area contributed by atoms with Crippen molar-refractivity contribution in [2.75, 3.05) is 0 Å². The molecule has 0 atom stereocenters. The number of pyridine rings is 1. The van der Waals surface area contributed by atoms with Crippen LogP contribution >= 0.6 is 0 Å². The van der Waals surface area contributed by atoms with Crippen LogP contribution in [0.4, 0.5) is 4.39 Å². The maximum Gasteiger partial charge on any atom is 0.127 e. The minimum atomic E-state index is -0.302. The average Bonchev–Trinajstić information content (AvgIpc) is 2.41. The van der Waals surface area contributed by atoms with E-state index in [1.807, 2.05) is 31.2 Å². The van der Waals surface area contributed by atoms with E-state index in [4.69, 9.17) is 5.26 Å². The minimum Gasteiger partial charge on any atom is -0.307 e. The standard InChI is InChI=1S/C15H14FN3/c1-11-3-2-4-14(19-11)10-18-9-13-7-12(8-17)5-6-15(13)16/h2-7,18H,9-10H2,1H3. The van der Waals surface area contributed by atoms with Crippen LogP contribution in [0.15, 0.2) is 36.4 Å². The molecular weight excluding hydrogens is 241 g/mol. The van der Waals surface area contributed by atoms with Crippen LogP contribution in [0.3, 0.4) is 0 Å². The Bertz CT molecular complexity index is 617. The molecule has 4 heteroatoms. The summed E-state index contributed by atoms with van der Waals surface area (Å²) in [4.78, 5) is 4.35. The van der Waals surface area contributed by atoms with Crippen molar-refractivity contribution in [1.29, 1.82) is 5.26 Å². The third kappa shape index (κ3) is 3.60. The van der Waals surface area contributed by atoms with Gasteiger partial charge in [-0.25, -0.2) is 4.39 Å². The Kier molecular flexibility index (Phi) is 4.22. The van der Waals surface area contributed by atoms with Gasteiger partial charge in [-0.3, -0.25) is 4.98 Å². The molecule has 0 spiro atoms. The molecule has 1 aromatic carbocycles. The molecule has 1 heterocycles. The Morgan fingerprint density at radius 1 is 1.26 bits per heavy atom. The molecule has 19 heavy (non-hydrogen) atoms. The van der Waals surface area contributed by atoms with Gasteiger partial charge in [0, 0.05) is 24.3 Å². The predicted molar refractivity (Wildman–Crippen MR) is 70.6 cm³/mol. The molecule has 2 rings (SSSR count). The molecule has 1 aromatic heterocycles. The van der Waals surface area contributed by atoms with E-state index in [1.165, 1.54) is 12.1 Å². The van der Waals surface area contributed by atoms with Gasteiger partial charge in [-0.2, -0.15) is 5.26 Å². The van der Waals surface area contributed by atoms with Crippen LogP contribution in [0, 0.1) is 24.1 Å². The highest BCUT2D eigenvalue weighted by Gasteiger charge is 2.03. The van der Waals surface area contributed by atoms with Crippen LogP contribution in [0.1, 0.15) is 22.5 Å². The molecule has 0 unspecified atom stereocenters. The number of benzene rings is 1. The zero-order chi connectivity index (χ0) is 13.7. The number of nitriles is 1. The summed E-state index contributed by atoms with van der Waals surface area (Å²) in [5, 5.41) is 11.9. The topological polar surface area (TPSA) is 48.7 Å². The van der Waals surface area contributed by atoms with Crippen LogP contribution in [0.2, 0.25) is 0 Å². The van der Waals surface area contributed by atoms with Crippen molar-refractivity contribution in [3.8, 4) is 6.07 Å². The molecule has 0 saturated carbocycles. The smallest absolute Gasteiger partial charge is 0.127 e. The van der Waals surface area contributed by atoms with Gasteiger partial charge in [-0.05, 0) is 37.3 Å². The number of hydrogen-bond acceptors (Lipinski definition) is 3. The van der Waals surface area contributed by atoms with E-state index < -0.39 is 0 Å². The molecule has 0 saturated heterocycles. The molecule has 3 nitrogen and oxygen atoms in total. The average molecular weight is 255 g/mol. The van der Waals surface area contributed by atoms with E-state index in [-0.39, 0.29) is 5.82 Å².